The second-order valence-electron chi connectivity index (χ2n) is 2.96. The first-order chi connectivity index (χ1) is 7.63. The van der Waals surface area contributed by atoms with E-state index in [0.717, 1.165) is 9.37 Å². The molecular formula is C11H11BrN2OS. The number of nitrogen functional groups attached to an aromatic ring is 1. The summed E-state index contributed by atoms with van der Waals surface area (Å²) >= 11 is 4.82. The van der Waals surface area contributed by atoms with Gasteiger partial charge in [-0.2, -0.15) is 0 Å². The molecule has 16 heavy (non-hydrogen) atoms. The number of benzene rings is 1. The Morgan fingerprint density at radius 2 is 2.38 bits per heavy atom. The standard InChI is InChI=1S/C11H11BrN2OS/c1-2-5-14-11(15)7-16-10-4-3-8(13)6-9(10)12/h1,3-4,6H,5,7,13H2,(H,14,15). The number of carbonyl (C=O) groups is 1. The van der Waals surface area contributed by atoms with E-state index >= 15 is 0 Å². The van der Waals surface area contributed by atoms with Gasteiger partial charge in [-0.25, -0.2) is 0 Å². The van der Waals surface area contributed by atoms with E-state index in [1.54, 1.807) is 6.07 Å². The highest BCUT2D eigenvalue weighted by Crippen LogP contribution is 2.28. The molecule has 0 aliphatic rings. The molecular weight excluding hydrogens is 288 g/mol. The first kappa shape index (κ1) is 12.9. The Balaban J connectivity index is 2.49. The van der Waals surface area contributed by atoms with Crippen molar-refractivity contribution in [3.63, 3.8) is 0 Å². The van der Waals surface area contributed by atoms with E-state index in [2.05, 4.69) is 27.2 Å². The van der Waals surface area contributed by atoms with E-state index in [9.17, 15) is 4.79 Å². The molecule has 1 aromatic rings. The molecule has 0 spiro atoms. The lowest BCUT2D eigenvalue weighted by Crippen LogP contribution is -2.25. The molecule has 0 heterocycles. The van der Waals surface area contributed by atoms with Crippen molar-refractivity contribution in [3.8, 4) is 12.3 Å². The van der Waals surface area contributed by atoms with Crippen LogP contribution < -0.4 is 11.1 Å². The van der Waals surface area contributed by atoms with Gasteiger partial charge >= 0.3 is 0 Å². The van der Waals surface area contributed by atoms with Crippen LogP contribution in [0.1, 0.15) is 0 Å². The zero-order valence-electron chi connectivity index (χ0n) is 8.50. The first-order valence-electron chi connectivity index (χ1n) is 4.51. The van der Waals surface area contributed by atoms with Crippen molar-refractivity contribution in [2.24, 2.45) is 0 Å². The Labute approximate surface area is 107 Å². The number of carbonyl (C=O) groups excluding carboxylic acids is 1. The molecule has 0 aliphatic heterocycles. The molecule has 0 fully saturated rings. The third kappa shape index (κ3) is 4.17. The SMILES string of the molecule is C#CCNC(=O)CSc1ccc(N)cc1Br. The molecule has 0 unspecified atom stereocenters. The lowest BCUT2D eigenvalue weighted by molar-refractivity contribution is -0.118. The van der Waals surface area contributed by atoms with Crippen molar-refractivity contribution < 1.29 is 4.79 Å². The van der Waals surface area contributed by atoms with Crippen LogP contribution in [0, 0.1) is 12.3 Å². The Morgan fingerprint density at radius 1 is 1.62 bits per heavy atom. The lowest BCUT2D eigenvalue weighted by Gasteiger charge is -2.05. The van der Waals surface area contributed by atoms with Crippen LogP contribution in [0.2, 0.25) is 0 Å². The molecule has 0 atom stereocenters. The molecule has 0 bridgehead atoms. The number of hydrogen-bond acceptors (Lipinski definition) is 3. The van der Waals surface area contributed by atoms with Gasteiger partial charge in [-0.1, -0.05) is 5.92 Å². The summed E-state index contributed by atoms with van der Waals surface area (Å²) in [6, 6.07) is 5.48. The average Bonchev–Trinajstić information content (AvgIpc) is 2.25. The Kier molecular flexibility index (Phi) is 5.23. The number of terminal acetylenes is 1. The maximum absolute atomic E-state index is 11.3. The highest BCUT2D eigenvalue weighted by atomic mass is 79.9. The summed E-state index contributed by atoms with van der Waals surface area (Å²) in [6.07, 6.45) is 5.03. The van der Waals surface area contributed by atoms with Crippen LogP contribution in [-0.4, -0.2) is 18.2 Å². The van der Waals surface area contributed by atoms with Crippen molar-refractivity contribution in [2.75, 3.05) is 18.0 Å². The van der Waals surface area contributed by atoms with Gasteiger partial charge in [-0.15, -0.1) is 18.2 Å². The second kappa shape index (κ2) is 6.46. The molecule has 0 radical (unpaired) electrons. The van der Waals surface area contributed by atoms with Crippen LogP contribution in [0.25, 0.3) is 0 Å². The van der Waals surface area contributed by atoms with Gasteiger partial charge in [0.2, 0.25) is 5.91 Å². The Hall–Kier alpha value is -1.12. The largest absolute Gasteiger partial charge is 0.399 e. The molecule has 3 nitrogen and oxygen atoms in total. The third-order valence-electron chi connectivity index (χ3n) is 1.70. The molecule has 1 aromatic carbocycles. The fourth-order valence-corrected chi connectivity index (χ4v) is 2.47. The van der Waals surface area contributed by atoms with Crippen molar-refractivity contribution >= 4 is 39.3 Å². The maximum atomic E-state index is 11.3. The van der Waals surface area contributed by atoms with Gasteiger partial charge in [0, 0.05) is 15.1 Å². The van der Waals surface area contributed by atoms with Gasteiger partial charge in [0.25, 0.3) is 0 Å². The summed E-state index contributed by atoms with van der Waals surface area (Å²) in [4.78, 5) is 12.3. The van der Waals surface area contributed by atoms with E-state index in [1.807, 2.05) is 12.1 Å². The number of rotatable bonds is 4. The van der Waals surface area contributed by atoms with Gasteiger partial charge in [0.1, 0.15) is 0 Å². The predicted molar refractivity (Wildman–Crippen MR) is 71.1 cm³/mol. The monoisotopic (exact) mass is 298 g/mol. The quantitative estimate of drug-likeness (QED) is 0.507. The second-order valence-corrected chi connectivity index (χ2v) is 4.83. The highest BCUT2D eigenvalue weighted by Gasteiger charge is 2.04. The summed E-state index contributed by atoms with van der Waals surface area (Å²) in [5, 5.41) is 2.60. The molecule has 1 amide bonds. The third-order valence-corrected chi connectivity index (χ3v) is 3.69. The lowest BCUT2D eigenvalue weighted by atomic mass is 10.3. The van der Waals surface area contributed by atoms with Crippen LogP contribution in [0.4, 0.5) is 5.69 Å². The Bertz CT molecular complexity index is 428. The van der Waals surface area contributed by atoms with Gasteiger partial charge in [-0.05, 0) is 34.1 Å². The summed E-state index contributed by atoms with van der Waals surface area (Å²) < 4.78 is 0.891. The highest BCUT2D eigenvalue weighted by molar-refractivity contribution is 9.10. The van der Waals surface area contributed by atoms with E-state index in [-0.39, 0.29) is 12.5 Å². The number of hydrogen-bond donors (Lipinski definition) is 2. The number of nitrogens with two attached hydrogens (primary N) is 1. The van der Waals surface area contributed by atoms with Crippen LogP contribution in [-0.2, 0) is 4.79 Å². The van der Waals surface area contributed by atoms with E-state index in [0.29, 0.717) is 11.4 Å². The summed E-state index contributed by atoms with van der Waals surface area (Å²) in [5.74, 6) is 2.61. The van der Waals surface area contributed by atoms with Crippen LogP contribution in [0.15, 0.2) is 27.6 Å². The molecule has 0 saturated heterocycles. The van der Waals surface area contributed by atoms with Crippen LogP contribution in [0.5, 0.6) is 0 Å². The number of amides is 1. The Morgan fingerprint density at radius 3 is 3.00 bits per heavy atom. The zero-order valence-corrected chi connectivity index (χ0v) is 10.9. The molecule has 3 N–H and O–H groups in total. The summed E-state index contributed by atoms with van der Waals surface area (Å²) in [6.45, 7) is 0.266. The van der Waals surface area contributed by atoms with E-state index in [1.165, 1.54) is 11.8 Å². The normalized spacial score (nSPS) is 9.50. The van der Waals surface area contributed by atoms with E-state index in [4.69, 9.17) is 12.2 Å². The minimum absolute atomic E-state index is 0.0772. The molecule has 0 saturated carbocycles. The fraction of sp³-hybridized carbons (Fsp3) is 0.182. The van der Waals surface area contributed by atoms with Gasteiger partial charge in [0.05, 0.1) is 12.3 Å². The predicted octanol–water partition coefficient (Wildman–Crippen LogP) is 1.87. The van der Waals surface area contributed by atoms with Gasteiger partial charge < -0.3 is 11.1 Å². The fourth-order valence-electron chi connectivity index (χ4n) is 0.978. The van der Waals surface area contributed by atoms with E-state index < -0.39 is 0 Å². The molecule has 0 aliphatic carbocycles. The number of halogens is 1. The van der Waals surface area contributed by atoms with Crippen molar-refractivity contribution in [1.29, 1.82) is 0 Å². The van der Waals surface area contributed by atoms with Gasteiger partial charge in [0.15, 0.2) is 0 Å². The van der Waals surface area contributed by atoms with Crippen molar-refractivity contribution in [3.05, 3.63) is 22.7 Å². The minimum Gasteiger partial charge on any atom is -0.399 e. The summed E-state index contributed by atoms with van der Waals surface area (Å²) in [7, 11) is 0. The summed E-state index contributed by atoms with van der Waals surface area (Å²) in [5.41, 5.74) is 6.30. The molecule has 84 valence electrons. The van der Waals surface area contributed by atoms with Crippen LogP contribution in [0.3, 0.4) is 0 Å². The van der Waals surface area contributed by atoms with Crippen molar-refractivity contribution in [2.45, 2.75) is 4.90 Å². The molecule has 1 rings (SSSR count). The average molecular weight is 299 g/mol. The number of anilines is 1. The van der Waals surface area contributed by atoms with Crippen molar-refractivity contribution in [1.82, 2.24) is 5.32 Å². The topological polar surface area (TPSA) is 55.1 Å². The minimum atomic E-state index is -0.0772. The van der Waals surface area contributed by atoms with Gasteiger partial charge in [-0.3, -0.25) is 4.79 Å². The smallest absolute Gasteiger partial charge is 0.231 e. The number of nitrogens with one attached hydrogen (secondary N) is 1. The zero-order chi connectivity index (χ0) is 12.0. The number of thioether (sulfide) groups is 1. The molecule has 5 heteroatoms. The first-order valence-corrected chi connectivity index (χ1v) is 6.29. The maximum Gasteiger partial charge on any atom is 0.231 e. The van der Waals surface area contributed by atoms with Crippen LogP contribution >= 0.6 is 27.7 Å². The molecule has 0 aromatic heterocycles.